The SMILES string of the molecule is COc1ccc(Nc2ccnc(NCc3ccco3)n2)cc1OC. The summed E-state index contributed by atoms with van der Waals surface area (Å²) in [4.78, 5) is 8.61. The van der Waals surface area contributed by atoms with Gasteiger partial charge in [0.2, 0.25) is 5.95 Å². The van der Waals surface area contributed by atoms with E-state index in [1.165, 1.54) is 0 Å². The van der Waals surface area contributed by atoms with E-state index in [9.17, 15) is 0 Å². The summed E-state index contributed by atoms with van der Waals surface area (Å²) < 4.78 is 15.8. The molecule has 24 heavy (non-hydrogen) atoms. The second-order valence-corrected chi connectivity index (χ2v) is 4.89. The van der Waals surface area contributed by atoms with Crippen LogP contribution in [-0.2, 0) is 6.54 Å². The summed E-state index contributed by atoms with van der Waals surface area (Å²) in [5.74, 6) is 3.31. The number of aromatic nitrogens is 2. The largest absolute Gasteiger partial charge is 0.493 e. The Kier molecular flexibility index (Phi) is 4.81. The molecule has 0 fully saturated rings. The zero-order valence-corrected chi connectivity index (χ0v) is 13.4. The van der Waals surface area contributed by atoms with Crippen LogP contribution in [0, 0.1) is 0 Å². The van der Waals surface area contributed by atoms with Crippen molar-refractivity contribution in [2.45, 2.75) is 6.54 Å². The molecule has 0 aliphatic carbocycles. The molecule has 2 heterocycles. The van der Waals surface area contributed by atoms with Crippen molar-refractivity contribution in [3.05, 3.63) is 54.6 Å². The first kappa shape index (κ1) is 15.7. The van der Waals surface area contributed by atoms with Crippen molar-refractivity contribution in [3.8, 4) is 11.5 Å². The zero-order valence-electron chi connectivity index (χ0n) is 13.4. The molecule has 0 unspecified atom stereocenters. The maximum absolute atomic E-state index is 5.30. The van der Waals surface area contributed by atoms with Gasteiger partial charge in [-0.25, -0.2) is 4.98 Å². The number of rotatable bonds is 7. The lowest BCUT2D eigenvalue weighted by atomic mass is 10.2. The molecule has 3 aromatic rings. The van der Waals surface area contributed by atoms with E-state index in [1.54, 1.807) is 32.7 Å². The molecule has 0 aliphatic heterocycles. The topological polar surface area (TPSA) is 81.4 Å². The fraction of sp³-hybridized carbons (Fsp3) is 0.176. The number of hydrogen-bond donors (Lipinski definition) is 2. The summed E-state index contributed by atoms with van der Waals surface area (Å²) in [5, 5.41) is 6.33. The van der Waals surface area contributed by atoms with Crippen molar-refractivity contribution in [1.29, 1.82) is 0 Å². The van der Waals surface area contributed by atoms with Crippen LogP contribution in [0.15, 0.2) is 53.3 Å². The van der Waals surface area contributed by atoms with Gasteiger partial charge < -0.3 is 24.5 Å². The van der Waals surface area contributed by atoms with Crippen molar-refractivity contribution < 1.29 is 13.9 Å². The Balaban J connectivity index is 1.70. The summed E-state index contributed by atoms with van der Waals surface area (Å²) >= 11 is 0. The second kappa shape index (κ2) is 7.36. The number of ether oxygens (including phenoxy) is 2. The van der Waals surface area contributed by atoms with Crippen LogP contribution in [0.25, 0.3) is 0 Å². The van der Waals surface area contributed by atoms with E-state index >= 15 is 0 Å². The first-order valence-corrected chi connectivity index (χ1v) is 7.37. The van der Waals surface area contributed by atoms with Gasteiger partial charge in [-0.2, -0.15) is 4.98 Å². The lowest BCUT2D eigenvalue weighted by Crippen LogP contribution is -2.04. The van der Waals surface area contributed by atoms with E-state index in [1.807, 2.05) is 30.3 Å². The van der Waals surface area contributed by atoms with E-state index in [-0.39, 0.29) is 0 Å². The highest BCUT2D eigenvalue weighted by Gasteiger charge is 2.06. The fourth-order valence-electron chi connectivity index (χ4n) is 2.15. The van der Waals surface area contributed by atoms with Crippen molar-refractivity contribution in [3.63, 3.8) is 0 Å². The number of nitrogens with zero attached hydrogens (tertiary/aromatic N) is 2. The molecule has 0 saturated carbocycles. The van der Waals surface area contributed by atoms with Crippen LogP contribution in [0.4, 0.5) is 17.5 Å². The van der Waals surface area contributed by atoms with Crippen molar-refractivity contribution >= 4 is 17.5 Å². The Labute approximate surface area is 139 Å². The summed E-state index contributed by atoms with van der Waals surface area (Å²) in [7, 11) is 3.20. The first-order chi connectivity index (χ1) is 11.8. The number of hydrogen-bond acceptors (Lipinski definition) is 7. The average Bonchev–Trinajstić information content (AvgIpc) is 3.14. The molecule has 0 bridgehead atoms. The summed E-state index contributed by atoms with van der Waals surface area (Å²) in [5.41, 5.74) is 0.836. The minimum atomic E-state index is 0.511. The van der Waals surface area contributed by atoms with Gasteiger partial charge in [0.05, 0.1) is 27.0 Å². The van der Waals surface area contributed by atoms with Crippen molar-refractivity contribution in [1.82, 2.24) is 9.97 Å². The number of nitrogens with one attached hydrogen (secondary N) is 2. The molecule has 7 nitrogen and oxygen atoms in total. The third-order valence-corrected chi connectivity index (χ3v) is 3.31. The van der Waals surface area contributed by atoms with E-state index in [2.05, 4.69) is 20.6 Å². The molecule has 7 heteroatoms. The number of anilines is 3. The van der Waals surface area contributed by atoms with Crippen molar-refractivity contribution in [2.75, 3.05) is 24.9 Å². The second-order valence-electron chi connectivity index (χ2n) is 4.89. The molecular weight excluding hydrogens is 308 g/mol. The van der Waals surface area contributed by atoms with Crippen LogP contribution < -0.4 is 20.1 Å². The van der Waals surface area contributed by atoms with Crippen LogP contribution in [0.5, 0.6) is 11.5 Å². The smallest absolute Gasteiger partial charge is 0.224 e. The monoisotopic (exact) mass is 326 g/mol. The number of benzene rings is 1. The molecule has 0 amide bonds. The summed E-state index contributed by atoms with van der Waals surface area (Å²) in [6.07, 6.45) is 3.31. The normalized spacial score (nSPS) is 10.2. The minimum absolute atomic E-state index is 0.511. The molecule has 0 saturated heterocycles. The lowest BCUT2D eigenvalue weighted by molar-refractivity contribution is 0.355. The number of furan rings is 1. The molecule has 2 aromatic heterocycles. The molecule has 2 N–H and O–H groups in total. The summed E-state index contributed by atoms with van der Waals surface area (Å²) in [6, 6.07) is 11.1. The Morgan fingerprint density at radius 1 is 1.08 bits per heavy atom. The van der Waals surface area contributed by atoms with Crippen LogP contribution in [0.3, 0.4) is 0 Å². The minimum Gasteiger partial charge on any atom is -0.493 e. The molecular formula is C17H18N4O3. The maximum atomic E-state index is 5.30. The van der Waals surface area contributed by atoms with Gasteiger partial charge in [-0.3, -0.25) is 0 Å². The Morgan fingerprint density at radius 2 is 1.96 bits per heavy atom. The molecule has 0 aliphatic rings. The van der Waals surface area contributed by atoms with Crippen LogP contribution in [0.1, 0.15) is 5.76 Å². The first-order valence-electron chi connectivity index (χ1n) is 7.37. The average molecular weight is 326 g/mol. The molecule has 3 rings (SSSR count). The maximum Gasteiger partial charge on any atom is 0.224 e. The predicted octanol–water partition coefficient (Wildman–Crippen LogP) is 3.44. The van der Waals surface area contributed by atoms with E-state index in [0.717, 1.165) is 11.4 Å². The predicted molar refractivity (Wildman–Crippen MR) is 90.9 cm³/mol. The Hall–Kier alpha value is -3.22. The highest BCUT2D eigenvalue weighted by atomic mass is 16.5. The third kappa shape index (κ3) is 3.75. The summed E-state index contributed by atoms with van der Waals surface area (Å²) in [6.45, 7) is 0.521. The van der Waals surface area contributed by atoms with Crippen LogP contribution in [-0.4, -0.2) is 24.2 Å². The number of methoxy groups -OCH3 is 2. The highest BCUT2D eigenvalue weighted by Crippen LogP contribution is 2.30. The molecule has 1 aromatic carbocycles. The van der Waals surface area contributed by atoms with Gasteiger partial charge in [0.1, 0.15) is 11.6 Å². The van der Waals surface area contributed by atoms with Gasteiger partial charge in [0, 0.05) is 18.0 Å². The quantitative estimate of drug-likeness (QED) is 0.688. The van der Waals surface area contributed by atoms with Gasteiger partial charge in [0.25, 0.3) is 0 Å². The Bertz CT molecular complexity index is 790. The fourth-order valence-corrected chi connectivity index (χ4v) is 2.15. The molecule has 0 spiro atoms. The Morgan fingerprint density at radius 3 is 2.71 bits per heavy atom. The third-order valence-electron chi connectivity index (χ3n) is 3.31. The van der Waals surface area contributed by atoms with Gasteiger partial charge in [-0.1, -0.05) is 0 Å². The lowest BCUT2D eigenvalue weighted by Gasteiger charge is -2.11. The van der Waals surface area contributed by atoms with Gasteiger partial charge in [-0.05, 0) is 30.3 Å². The van der Waals surface area contributed by atoms with Crippen molar-refractivity contribution in [2.24, 2.45) is 0 Å². The van der Waals surface area contributed by atoms with Gasteiger partial charge >= 0.3 is 0 Å². The van der Waals surface area contributed by atoms with E-state index in [4.69, 9.17) is 13.9 Å². The molecule has 0 atom stereocenters. The highest BCUT2D eigenvalue weighted by molar-refractivity contribution is 5.61. The van der Waals surface area contributed by atoms with Crippen LogP contribution in [0.2, 0.25) is 0 Å². The van der Waals surface area contributed by atoms with E-state index < -0.39 is 0 Å². The standard InChI is InChI=1S/C17H18N4O3/c1-22-14-6-5-12(10-15(14)23-2)20-16-7-8-18-17(21-16)19-11-13-4-3-9-24-13/h3-10H,11H2,1-2H3,(H2,18,19,20,21). The zero-order chi connectivity index (χ0) is 16.8. The molecule has 0 radical (unpaired) electrons. The van der Waals surface area contributed by atoms with Gasteiger partial charge in [-0.15, -0.1) is 0 Å². The van der Waals surface area contributed by atoms with Gasteiger partial charge in [0.15, 0.2) is 11.5 Å². The molecule has 124 valence electrons. The van der Waals surface area contributed by atoms with Crippen LogP contribution >= 0.6 is 0 Å². The van der Waals surface area contributed by atoms with E-state index in [0.29, 0.717) is 29.8 Å².